The van der Waals surface area contributed by atoms with Crippen LogP contribution < -0.4 is 16.0 Å². The average molecular weight is 755 g/mol. The number of aliphatic hydroxyl groups excluding tert-OH is 2. The lowest BCUT2D eigenvalue weighted by Crippen LogP contribution is -2.58. The zero-order chi connectivity index (χ0) is 38.8. The van der Waals surface area contributed by atoms with Crippen molar-refractivity contribution >= 4 is 40.2 Å². The molecule has 5 N–H and O–H groups in total. The third kappa shape index (κ3) is 7.93. The van der Waals surface area contributed by atoms with E-state index in [0.717, 1.165) is 51.4 Å². The fourth-order valence-corrected chi connectivity index (χ4v) is 11.5. The van der Waals surface area contributed by atoms with Crippen molar-refractivity contribution in [1.29, 1.82) is 0 Å². The van der Waals surface area contributed by atoms with Gasteiger partial charge in [0.15, 0.2) is 5.52 Å². The minimum atomic E-state index is -0.842. The third-order valence-corrected chi connectivity index (χ3v) is 14.4. The SMILES string of the molecule is COC(=O)CNC(=O)C(CCCCNc1ccc([N+](=O)[O-])c2nonc12)NC(=O)CC[C@@H](C)[C@H]1CCC2C3C(O)CC4C[C@H](O)CC[C@]4(C)C3CC[C@@]21C. The number of ether oxygens (including phenoxy) is 1. The van der Waals surface area contributed by atoms with Crippen molar-refractivity contribution in [2.24, 2.45) is 46.3 Å². The highest BCUT2D eigenvalue weighted by Crippen LogP contribution is 2.68. The number of non-ortho nitro benzene ring substituents is 1. The van der Waals surface area contributed by atoms with Gasteiger partial charge in [0.05, 0.1) is 29.9 Å². The molecule has 54 heavy (non-hydrogen) atoms. The summed E-state index contributed by atoms with van der Waals surface area (Å²) >= 11 is 0. The minimum Gasteiger partial charge on any atom is -0.468 e. The highest BCUT2D eigenvalue weighted by Gasteiger charge is 2.62. The molecule has 0 aliphatic heterocycles. The second-order valence-electron chi connectivity index (χ2n) is 17.2. The maximum Gasteiger partial charge on any atom is 0.325 e. The fourth-order valence-electron chi connectivity index (χ4n) is 11.5. The monoisotopic (exact) mass is 754 g/mol. The number of rotatable bonds is 15. The summed E-state index contributed by atoms with van der Waals surface area (Å²) in [5.74, 6) is 1.08. The van der Waals surface area contributed by atoms with Crippen LogP contribution in [0.15, 0.2) is 16.8 Å². The van der Waals surface area contributed by atoms with E-state index in [4.69, 9.17) is 4.63 Å². The van der Waals surface area contributed by atoms with Gasteiger partial charge in [0.25, 0.3) is 0 Å². The molecule has 1 heterocycles. The number of fused-ring (bicyclic) bond motifs is 6. The van der Waals surface area contributed by atoms with Gasteiger partial charge in [-0.05, 0) is 140 Å². The van der Waals surface area contributed by atoms with Crippen LogP contribution in [0, 0.1) is 56.5 Å². The first-order valence-corrected chi connectivity index (χ1v) is 19.9. The Hall–Kier alpha value is -3.85. The van der Waals surface area contributed by atoms with E-state index in [9.17, 15) is 34.7 Å². The van der Waals surface area contributed by atoms with Crippen molar-refractivity contribution in [3.8, 4) is 0 Å². The summed E-state index contributed by atoms with van der Waals surface area (Å²) in [5, 5.41) is 49.4. The molecule has 4 aliphatic carbocycles. The van der Waals surface area contributed by atoms with Crippen molar-refractivity contribution in [3.05, 3.63) is 22.2 Å². The van der Waals surface area contributed by atoms with Gasteiger partial charge in [-0.2, -0.15) is 0 Å². The molecule has 0 radical (unpaired) electrons. The molecule has 1 aromatic carbocycles. The smallest absolute Gasteiger partial charge is 0.325 e. The lowest BCUT2D eigenvalue weighted by Gasteiger charge is -2.62. The van der Waals surface area contributed by atoms with Gasteiger partial charge in [-0.1, -0.05) is 20.8 Å². The van der Waals surface area contributed by atoms with E-state index in [-0.39, 0.29) is 64.5 Å². The number of amides is 2. The van der Waals surface area contributed by atoms with E-state index in [1.165, 1.54) is 13.2 Å². The van der Waals surface area contributed by atoms with Crippen LogP contribution in [0.1, 0.15) is 104 Å². The number of nitrogens with one attached hydrogen (secondary N) is 3. The van der Waals surface area contributed by atoms with Gasteiger partial charge >= 0.3 is 11.7 Å². The molecule has 0 spiro atoms. The first-order chi connectivity index (χ1) is 25.8. The van der Waals surface area contributed by atoms with Gasteiger partial charge in [-0.15, -0.1) is 0 Å². The molecule has 4 aliphatic rings. The first kappa shape index (κ1) is 39.8. The largest absolute Gasteiger partial charge is 0.468 e. The number of benzene rings is 1. The molecule has 4 saturated carbocycles. The van der Waals surface area contributed by atoms with Crippen LogP contribution >= 0.6 is 0 Å². The molecular formula is C39H58N6O9. The lowest BCUT2D eigenvalue weighted by atomic mass is 9.43. The standard InChI is InChI=1S/C39H58N6O9/c1-22(25-9-10-26-34-27(15-17-39(25,26)3)38(2)16-14-24(46)19-23(38)20-31(34)47)8-13-32(48)42-29(37(50)41-21-33(49)53-4)7-5-6-18-40-28-11-12-30(45(51)52)36-35(28)43-54-44-36/h11-12,22-27,29,31,34,40,46-47H,5-10,13-21H2,1-4H3,(H,41,50)(H,42,48)/t22-,23?,24-,25-,26?,27?,29?,31?,34?,38+,39-/m1/s1. The number of aliphatic hydroxyl groups is 2. The van der Waals surface area contributed by atoms with Crippen LogP contribution in [0.2, 0.25) is 0 Å². The van der Waals surface area contributed by atoms with E-state index < -0.39 is 22.8 Å². The quantitative estimate of drug-likeness (QED) is 0.0710. The van der Waals surface area contributed by atoms with Gasteiger partial charge in [0, 0.05) is 19.0 Å². The average Bonchev–Trinajstić information content (AvgIpc) is 3.78. The first-order valence-electron chi connectivity index (χ1n) is 19.9. The predicted octanol–water partition coefficient (Wildman–Crippen LogP) is 4.89. The number of methoxy groups -OCH3 is 1. The summed E-state index contributed by atoms with van der Waals surface area (Å²) < 4.78 is 9.39. The topological polar surface area (TPSA) is 219 Å². The van der Waals surface area contributed by atoms with Gasteiger partial charge in [0.2, 0.25) is 17.3 Å². The summed E-state index contributed by atoms with van der Waals surface area (Å²) in [6, 6.07) is 2.04. The fraction of sp³-hybridized carbons (Fsp3) is 0.769. The number of carbonyl (C=O) groups excluding carboxylic acids is 3. The summed E-state index contributed by atoms with van der Waals surface area (Å²) in [7, 11) is 1.24. The van der Waals surface area contributed by atoms with Gasteiger partial charge < -0.3 is 30.9 Å². The molecule has 0 bridgehead atoms. The molecule has 2 aromatic rings. The second kappa shape index (κ2) is 16.5. The number of hydrogen-bond donors (Lipinski definition) is 5. The summed E-state index contributed by atoms with van der Waals surface area (Å²) in [4.78, 5) is 49.0. The molecule has 4 fully saturated rings. The number of unbranched alkanes of at least 4 members (excludes halogenated alkanes) is 1. The molecule has 2 amide bonds. The van der Waals surface area contributed by atoms with Crippen LogP contribution in [0.3, 0.4) is 0 Å². The molecule has 6 unspecified atom stereocenters. The van der Waals surface area contributed by atoms with E-state index in [1.54, 1.807) is 6.07 Å². The molecule has 15 nitrogen and oxygen atoms in total. The van der Waals surface area contributed by atoms with Crippen molar-refractivity contribution in [1.82, 2.24) is 20.9 Å². The zero-order valence-corrected chi connectivity index (χ0v) is 32.1. The number of nitro groups is 1. The Morgan fingerprint density at radius 1 is 1.02 bits per heavy atom. The highest BCUT2D eigenvalue weighted by atomic mass is 16.6. The summed E-state index contributed by atoms with van der Waals surface area (Å²) in [5.41, 5.74) is 0.911. The van der Waals surface area contributed by atoms with E-state index in [1.807, 2.05) is 0 Å². The predicted molar refractivity (Wildman–Crippen MR) is 199 cm³/mol. The van der Waals surface area contributed by atoms with Crippen LogP contribution in [0.4, 0.5) is 11.4 Å². The number of nitrogens with zero attached hydrogens (tertiary/aromatic N) is 3. The van der Waals surface area contributed by atoms with Crippen LogP contribution in [0.25, 0.3) is 11.0 Å². The van der Waals surface area contributed by atoms with Crippen molar-refractivity contribution in [2.75, 3.05) is 25.5 Å². The molecule has 11 atom stereocenters. The van der Waals surface area contributed by atoms with Crippen LogP contribution in [-0.2, 0) is 19.1 Å². The number of carbonyl (C=O) groups is 3. The van der Waals surface area contributed by atoms with Crippen LogP contribution in [0.5, 0.6) is 0 Å². The van der Waals surface area contributed by atoms with E-state index >= 15 is 0 Å². The molecule has 1 aromatic heterocycles. The van der Waals surface area contributed by atoms with Crippen molar-refractivity contribution < 1.29 is 38.9 Å². The molecule has 298 valence electrons. The maximum atomic E-state index is 13.4. The Morgan fingerprint density at radius 3 is 2.52 bits per heavy atom. The van der Waals surface area contributed by atoms with Gasteiger partial charge in [0.1, 0.15) is 12.6 Å². The normalized spacial score (nSPS) is 32.7. The van der Waals surface area contributed by atoms with Crippen molar-refractivity contribution in [2.45, 2.75) is 122 Å². The zero-order valence-electron chi connectivity index (χ0n) is 32.1. The van der Waals surface area contributed by atoms with Gasteiger partial charge in [-0.25, -0.2) is 4.63 Å². The molecule has 15 heteroatoms. The Morgan fingerprint density at radius 2 is 1.76 bits per heavy atom. The number of anilines is 1. The number of hydrogen-bond acceptors (Lipinski definition) is 12. The minimum absolute atomic E-state index is 0.0515. The summed E-state index contributed by atoms with van der Waals surface area (Å²) in [6.45, 7) is 7.26. The molecular weight excluding hydrogens is 696 g/mol. The molecule has 6 rings (SSSR count). The summed E-state index contributed by atoms with van der Waals surface area (Å²) in [6.07, 6.45) is 9.80. The third-order valence-electron chi connectivity index (χ3n) is 14.4. The lowest BCUT2D eigenvalue weighted by molar-refractivity contribution is -0.383. The Labute approximate surface area is 316 Å². The maximum absolute atomic E-state index is 13.4. The Balaban J connectivity index is 1.02. The highest BCUT2D eigenvalue weighted by molar-refractivity contribution is 5.93. The van der Waals surface area contributed by atoms with Gasteiger partial charge in [-0.3, -0.25) is 24.5 Å². The molecule has 0 saturated heterocycles. The van der Waals surface area contributed by atoms with E-state index in [2.05, 4.69) is 51.8 Å². The number of aromatic nitrogens is 2. The Kier molecular flexibility index (Phi) is 12.2. The second-order valence-corrected chi connectivity index (χ2v) is 17.2. The number of nitro benzene ring substituents is 1. The number of esters is 1. The van der Waals surface area contributed by atoms with E-state index in [0.29, 0.717) is 67.5 Å². The van der Waals surface area contributed by atoms with Crippen molar-refractivity contribution in [3.63, 3.8) is 0 Å². The Bertz CT molecular complexity index is 1690. The van der Waals surface area contributed by atoms with Crippen LogP contribution in [-0.4, -0.2) is 81.7 Å².